The van der Waals surface area contributed by atoms with Crippen molar-refractivity contribution in [3.8, 4) is 34.9 Å². The van der Waals surface area contributed by atoms with Crippen LogP contribution in [0.4, 0.5) is 0 Å². The molecular weight excluding hydrogens is 472 g/mol. The number of fused-ring (bicyclic) bond motifs is 2. The summed E-state index contributed by atoms with van der Waals surface area (Å²) in [5, 5.41) is 7.13. The van der Waals surface area contributed by atoms with Gasteiger partial charge >= 0.3 is 0 Å². The van der Waals surface area contributed by atoms with Gasteiger partial charge in [-0.05, 0) is 67.1 Å². The zero-order chi connectivity index (χ0) is 25.6. The molecule has 0 amide bonds. The Hall–Kier alpha value is -4.06. The molecule has 3 aromatic heterocycles. The molecule has 38 heavy (non-hydrogen) atoms. The van der Waals surface area contributed by atoms with Crippen LogP contribution >= 0.6 is 0 Å². The minimum Gasteiger partial charge on any atom is -0.341 e. The van der Waals surface area contributed by atoms with Crippen LogP contribution in [-0.4, -0.2) is 42.5 Å². The number of rotatable bonds is 5. The van der Waals surface area contributed by atoms with E-state index in [2.05, 4.69) is 68.8 Å². The first-order valence-corrected chi connectivity index (χ1v) is 13.4. The van der Waals surface area contributed by atoms with Gasteiger partial charge in [0.1, 0.15) is 17.3 Å². The molecule has 0 radical (unpaired) electrons. The first-order valence-electron chi connectivity index (χ1n) is 13.4. The van der Waals surface area contributed by atoms with E-state index in [-0.39, 0.29) is 12.1 Å². The fourth-order valence-corrected chi connectivity index (χ4v) is 5.80. The van der Waals surface area contributed by atoms with Crippen molar-refractivity contribution in [1.29, 1.82) is 0 Å². The van der Waals surface area contributed by atoms with Gasteiger partial charge in [-0.15, -0.1) is 12.3 Å². The van der Waals surface area contributed by atoms with Gasteiger partial charge in [0.05, 0.1) is 52.2 Å². The van der Waals surface area contributed by atoms with E-state index in [1.807, 2.05) is 18.5 Å². The minimum absolute atomic E-state index is 0.221. The number of hydrogen-bond donors (Lipinski definition) is 4. The third-order valence-electron chi connectivity index (χ3n) is 7.86. The van der Waals surface area contributed by atoms with Crippen LogP contribution in [0.25, 0.3) is 44.6 Å². The van der Waals surface area contributed by atoms with Crippen LogP contribution in [0, 0.1) is 18.3 Å². The summed E-state index contributed by atoms with van der Waals surface area (Å²) in [5.41, 5.74) is 7.61. The summed E-state index contributed by atoms with van der Waals surface area (Å²) < 4.78 is 0. The second-order valence-electron chi connectivity index (χ2n) is 10.7. The fourth-order valence-electron chi connectivity index (χ4n) is 5.80. The SMILES string of the molecule is C#CC[C@@H]1CC[C@@H](c2nc3ccc(-c4ccc5nc(-c6cnc([C@@H]7C[C@@H](C)CN7)[nH]6)cnc5c4)cc3[nH]2)N1. The number of aromatic amines is 2. The van der Waals surface area contributed by atoms with Gasteiger partial charge in [0, 0.05) is 12.5 Å². The van der Waals surface area contributed by atoms with Gasteiger partial charge in [-0.1, -0.05) is 19.1 Å². The zero-order valence-electron chi connectivity index (χ0n) is 21.3. The molecular formula is C30H30N8. The van der Waals surface area contributed by atoms with E-state index in [0.29, 0.717) is 12.0 Å². The van der Waals surface area contributed by atoms with E-state index in [1.54, 1.807) is 0 Å². The third kappa shape index (κ3) is 4.24. The number of hydrogen-bond acceptors (Lipinski definition) is 6. The highest BCUT2D eigenvalue weighted by Gasteiger charge is 2.27. The van der Waals surface area contributed by atoms with Crippen LogP contribution < -0.4 is 10.6 Å². The highest BCUT2D eigenvalue weighted by molar-refractivity contribution is 5.86. The van der Waals surface area contributed by atoms with E-state index >= 15 is 0 Å². The average molecular weight is 503 g/mol. The number of H-pyrrole nitrogens is 2. The number of nitrogens with one attached hydrogen (secondary N) is 4. The molecule has 2 fully saturated rings. The standard InChI is InChI=1S/C30H30N8/c1-3-4-20-7-10-23(34-20)30-36-22-9-6-19(13-25(22)37-30)18-5-8-21-24(12-18)32-15-27(35-21)28-16-33-29(38-28)26-11-17(2)14-31-26/h1,5-6,8-9,12-13,15-17,20,23,26,31,34H,4,7,10-11,14H2,2H3,(H,33,38)(H,36,37)/t17-,20-,23+,26+/m1/s1. The van der Waals surface area contributed by atoms with Gasteiger partial charge in [-0.2, -0.15) is 0 Å². The quantitative estimate of drug-likeness (QED) is 0.251. The fraction of sp³-hybridized carbons (Fsp3) is 0.333. The van der Waals surface area contributed by atoms with Gasteiger partial charge < -0.3 is 20.6 Å². The van der Waals surface area contributed by atoms with Crippen molar-refractivity contribution >= 4 is 22.1 Å². The molecule has 2 saturated heterocycles. The molecule has 4 N–H and O–H groups in total. The molecule has 5 heterocycles. The summed E-state index contributed by atoms with van der Waals surface area (Å²) in [5.74, 6) is 5.37. The number of aromatic nitrogens is 6. The van der Waals surface area contributed by atoms with Crippen molar-refractivity contribution < 1.29 is 0 Å². The molecule has 8 nitrogen and oxygen atoms in total. The highest BCUT2D eigenvalue weighted by atomic mass is 15.1. The number of nitrogens with zero attached hydrogens (tertiary/aromatic N) is 4. The van der Waals surface area contributed by atoms with Crippen molar-refractivity contribution in [3.05, 3.63) is 60.4 Å². The second-order valence-corrected chi connectivity index (χ2v) is 10.7. The molecule has 2 aromatic carbocycles. The summed E-state index contributed by atoms with van der Waals surface area (Å²) in [4.78, 5) is 26.0. The van der Waals surface area contributed by atoms with E-state index in [1.165, 1.54) is 0 Å². The van der Waals surface area contributed by atoms with Gasteiger partial charge in [0.25, 0.3) is 0 Å². The summed E-state index contributed by atoms with van der Waals surface area (Å²) in [6.45, 7) is 3.29. The topological polar surface area (TPSA) is 107 Å². The Bertz CT molecular complexity index is 1670. The summed E-state index contributed by atoms with van der Waals surface area (Å²) in [6, 6.07) is 13.5. The predicted molar refractivity (Wildman–Crippen MR) is 149 cm³/mol. The van der Waals surface area contributed by atoms with Crippen LogP contribution in [0.15, 0.2) is 48.8 Å². The maximum atomic E-state index is 5.49. The molecule has 2 aliphatic rings. The first-order chi connectivity index (χ1) is 18.6. The van der Waals surface area contributed by atoms with E-state index in [0.717, 1.165) is 88.5 Å². The monoisotopic (exact) mass is 502 g/mol. The second kappa shape index (κ2) is 9.35. The molecule has 0 bridgehead atoms. The van der Waals surface area contributed by atoms with Crippen LogP contribution in [0.5, 0.6) is 0 Å². The number of benzene rings is 2. The molecule has 4 atom stereocenters. The summed E-state index contributed by atoms with van der Waals surface area (Å²) in [7, 11) is 0. The molecule has 190 valence electrons. The van der Waals surface area contributed by atoms with E-state index in [9.17, 15) is 0 Å². The van der Waals surface area contributed by atoms with Gasteiger partial charge in [-0.3, -0.25) is 4.98 Å². The van der Waals surface area contributed by atoms with Gasteiger partial charge in [0.2, 0.25) is 0 Å². The Morgan fingerprint density at radius 1 is 0.895 bits per heavy atom. The number of terminal acetylenes is 1. The maximum absolute atomic E-state index is 5.49. The first kappa shape index (κ1) is 23.1. The van der Waals surface area contributed by atoms with E-state index in [4.69, 9.17) is 21.4 Å². The Labute approximate surface area is 221 Å². The van der Waals surface area contributed by atoms with Crippen molar-refractivity contribution in [1.82, 2.24) is 40.5 Å². The Kier molecular flexibility index (Phi) is 5.68. The van der Waals surface area contributed by atoms with E-state index < -0.39 is 0 Å². The Morgan fingerprint density at radius 3 is 2.61 bits per heavy atom. The molecule has 2 aliphatic heterocycles. The molecule has 8 heteroatoms. The lowest BCUT2D eigenvalue weighted by Gasteiger charge is -2.09. The third-order valence-corrected chi connectivity index (χ3v) is 7.86. The highest BCUT2D eigenvalue weighted by Crippen LogP contribution is 2.31. The minimum atomic E-state index is 0.221. The lowest BCUT2D eigenvalue weighted by atomic mass is 10.0. The molecule has 0 aliphatic carbocycles. The largest absolute Gasteiger partial charge is 0.341 e. The van der Waals surface area contributed by atoms with Crippen molar-refractivity contribution in [2.75, 3.05) is 6.54 Å². The maximum Gasteiger partial charge on any atom is 0.124 e. The van der Waals surface area contributed by atoms with Gasteiger partial charge in [0.15, 0.2) is 0 Å². The molecule has 0 saturated carbocycles. The van der Waals surface area contributed by atoms with Crippen molar-refractivity contribution in [2.24, 2.45) is 5.92 Å². The lowest BCUT2D eigenvalue weighted by molar-refractivity contribution is 0.546. The summed E-state index contributed by atoms with van der Waals surface area (Å²) >= 11 is 0. The molecule has 0 spiro atoms. The normalized spacial score (nSPS) is 23.4. The predicted octanol–water partition coefficient (Wildman–Crippen LogP) is 5.05. The molecule has 0 unspecified atom stereocenters. The lowest BCUT2D eigenvalue weighted by Crippen LogP contribution is -2.24. The van der Waals surface area contributed by atoms with Crippen LogP contribution in [0.1, 0.15) is 56.3 Å². The van der Waals surface area contributed by atoms with Gasteiger partial charge in [-0.25, -0.2) is 15.0 Å². The average Bonchev–Trinajstić information content (AvgIpc) is 3.74. The van der Waals surface area contributed by atoms with Crippen LogP contribution in [0.3, 0.4) is 0 Å². The zero-order valence-corrected chi connectivity index (χ0v) is 21.3. The molecule has 7 rings (SSSR count). The smallest absolute Gasteiger partial charge is 0.124 e. The van der Waals surface area contributed by atoms with Crippen LogP contribution in [-0.2, 0) is 0 Å². The van der Waals surface area contributed by atoms with Crippen molar-refractivity contribution in [3.63, 3.8) is 0 Å². The Balaban J connectivity index is 1.13. The number of imidazole rings is 2. The Morgan fingerprint density at radius 2 is 1.76 bits per heavy atom. The summed E-state index contributed by atoms with van der Waals surface area (Å²) in [6.07, 6.45) is 13.1. The van der Waals surface area contributed by atoms with Crippen LogP contribution in [0.2, 0.25) is 0 Å². The van der Waals surface area contributed by atoms with Crippen molar-refractivity contribution in [2.45, 2.75) is 50.7 Å². The molecule has 5 aromatic rings.